The lowest BCUT2D eigenvalue weighted by molar-refractivity contribution is -0.181. The molecule has 3 N–H and O–H groups in total. The number of hydrogen-bond acceptors (Lipinski definition) is 5. The molecule has 4 bridgehead atoms. The van der Waals surface area contributed by atoms with Gasteiger partial charge in [-0.1, -0.05) is 12.1 Å². The monoisotopic (exact) mass is 528 g/mol. The average Bonchev–Trinajstić information content (AvgIpc) is 2.84. The number of aliphatic carboxylic acids is 1. The molecule has 5 aliphatic rings. The van der Waals surface area contributed by atoms with Crippen molar-refractivity contribution in [3.05, 3.63) is 36.0 Å². The van der Waals surface area contributed by atoms with Crippen molar-refractivity contribution in [3.8, 4) is 5.75 Å². The Balaban J connectivity index is 1.27. The maximum absolute atomic E-state index is 13.7. The molecular weight excluding hydrogens is 494 g/mol. The second kappa shape index (κ2) is 9.14. The number of carbonyl (C=O) groups is 2. The number of amides is 1. The molecule has 2 aromatic rings. The van der Waals surface area contributed by atoms with E-state index in [-0.39, 0.29) is 48.5 Å². The number of carboxylic acid groups (broad SMARTS) is 1. The number of aliphatic hydroxyl groups is 1. The van der Waals surface area contributed by atoms with Gasteiger partial charge in [0.1, 0.15) is 11.6 Å². The third kappa shape index (κ3) is 4.63. The zero-order chi connectivity index (χ0) is 26.7. The summed E-state index contributed by atoms with van der Waals surface area (Å²) >= 11 is 0. The van der Waals surface area contributed by atoms with Gasteiger partial charge in [-0.05, 0) is 81.3 Å². The van der Waals surface area contributed by atoms with E-state index >= 15 is 0 Å². The van der Waals surface area contributed by atoms with E-state index in [1.165, 1.54) is 0 Å². The number of alkyl halides is 2. The largest absolute Gasteiger partial charge is 0.490 e. The summed E-state index contributed by atoms with van der Waals surface area (Å²) in [5.74, 6) is -3.60. The minimum atomic E-state index is -2.64. The number of nitrogens with one attached hydrogen (secondary N) is 1. The quantitative estimate of drug-likeness (QED) is 0.469. The van der Waals surface area contributed by atoms with E-state index in [1.54, 1.807) is 24.4 Å². The summed E-state index contributed by atoms with van der Waals surface area (Å²) in [5, 5.41) is 25.0. The van der Waals surface area contributed by atoms with Crippen LogP contribution >= 0.6 is 0 Å². The number of pyridine rings is 1. The van der Waals surface area contributed by atoms with Crippen LogP contribution in [0.1, 0.15) is 74.6 Å². The van der Waals surface area contributed by atoms with Crippen LogP contribution in [0.3, 0.4) is 0 Å². The van der Waals surface area contributed by atoms with Crippen LogP contribution in [0, 0.1) is 23.2 Å². The van der Waals surface area contributed by atoms with Crippen LogP contribution in [0.15, 0.2) is 30.5 Å². The average molecular weight is 529 g/mol. The summed E-state index contributed by atoms with van der Waals surface area (Å²) < 4.78 is 33.4. The van der Waals surface area contributed by atoms with Gasteiger partial charge in [0.05, 0.1) is 17.8 Å². The van der Waals surface area contributed by atoms with Gasteiger partial charge in [0, 0.05) is 29.8 Å². The van der Waals surface area contributed by atoms with Crippen LogP contribution in [0.5, 0.6) is 5.75 Å². The number of aromatic nitrogens is 1. The molecule has 38 heavy (non-hydrogen) atoms. The molecule has 204 valence electrons. The zero-order valence-electron chi connectivity index (χ0n) is 21.3. The Bertz CT molecular complexity index is 1240. The van der Waals surface area contributed by atoms with Crippen molar-refractivity contribution in [3.63, 3.8) is 0 Å². The molecule has 7 nitrogen and oxygen atoms in total. The van der Waals surface area contributed by atoms with Crippen LogP contribution in [0.25, 0.3) is 10.9 Å². The molecule has 0 aliphatic heterocycles. The topological polar surface area (TPSA) is 109 Å². The molecule has 1 aromatic heterocycles. The Morgan fingerprint density at radius 2 is 1.82 bits per heavy atom. The number of carbonyl (C=O) groups excluding carboxylic acids is 1. The number of hydrogen-bond donors (Lipinski definition) is 3. The first-order chi connectivity index (χ1) is 18.0. The highest BCUT2D eigenvalue weighted by molar-refractivity contribution is 6.04. The Kier molecular flexibility index (Phi) is 6.13. The normalized spacial score (nSPS) is 32.7. The van der Waals surface area contributed by atoms with E-state index in [2.05, 4.69) is 10.3 Å². The Labute approximate surface area is 220 Å². The molecule has 2 unspecified atom stereocenters. The van der Waals surface area contributed by atoms with E-state index in [1.807, 2.05) is 6.07 Å². The number of halogens is 2. The fourth-order valence-corrected chi connectivity index (χ4v) is 8.22. The molecule has 1 aromatic carbocycles. The van der Waals surface area contributed by atoms with Gasteiger partial charge in [0.2, 0.25) is 5.92 Å². The number of ether oxygens (including phenoxy) is 1. The lowest BCUT2D eigenvalue weighted by Crippen LogP contribution is -2.64. The predicted molar refractivity (Wildman–Crippen MR) is 135 cm³/mol. The van der Waals surface area contributed by atoms with Crippen molar-refractivity contribution in [2.24, 2.45) is 23.2 Å². The standard InChI is InChI=1S/C29H34F2N2O5/c30-29(31)7-5-17(6-8-29)15-38-23-21(4-3-20-2-1-9-32-22(20)23)25(34)33-24(26(35)36)27-11-18-10-19(12-27)14-28(37,13-18)16-27/h1-4,9,17-19,24,37H,5-8,10-16H2,(H,33,34)(H,35,36)/t18?,19?,24-,27?,28?/m1/s1. The summed E-state index contributed by atoms with van der Waals surface area (Å²) in [7, 11) is 0. The maximum Gasteiger partial charge on any atom is 0.326 e. The fraction of sp³-hybridized carbons (Fsp3) is 0.621. The molecule has 0 saturated heterocycles. The van der Waals surface area contributed by atoms with E-state index < -0.39 is 34.9 Å². The van der Waals surface area contributed by atoms with Crippen LogP contribution in [0.4, 0.5) is 8.78 Å². The van der Waals surface area contributed by atoms with Crippen molar-refractivity contribution in [2.75, 3.05) is 6.61 Å². The summed E-state index contributed by atoms with van der Waals surface area (Å²) in [5.41, 5.74) is -0.908. The van der Waals surface area contributed by atoms with Crippen molar-refractivity contribution in [1.29, 1.82) is 0 Å². The molecule has 0 spiro atoms. The Hall–Kier alpha value is -2.81. The van der Waals surface area contributed by atoms with E-state index in [9.17, 15) is 28.6 Å². The van der Waals surface area contributed by atoms with Crippen LogP contribution < -0.4 is 10.1 Å². The van der Waals surface area contributed by atoms with Crippen LogP contribution in [0.2, 0.25) is 0 Å². The van der Waals surface area contributed by atoms with Gasteiger partial charge in [-0.25, -0.2) is 13.6 Å². The first-order valence-corrected chi connectivity index (χ1v) is 13.7. The second-order valence-corrected chi connectivity index (χ2v) is 12.4. The second-order valence-electron chi connectivity index (χ2n) is 12.4. The van der Waals surface area contributed by atoms with Gasteiger partial charge in [-0.15, -0.1) is 0 Å². The van der Waals surface area contributed by atoms with Gasteiger partial charge in [0.15, 0.2) is 5.75 Å². The third-order valence-electron chi connectivity index (χ3n) is 9.48. The molecule has 7 rings (SSSR count). The summed E-state index contributed by atoms with van der Waals surface area (Å²) in [6.45, 7) is 0.175. The van der Waals surface area contributed by atoms with Crippen molar-refractivity contribution < 1.29 is 33.3 Å². The van der Waals surface area contributed by atoms with Crippen LogP contribution in [-0.4, -0.2) is 51.2 Å². The minimum Gasteiger partial charge on any atom is -0.490 e. The van der Waals surface area contributed by atoms with Crippen molar-refractivity contribution >= 4 is 22.8 Å². The smallest absolute Gasteiger partial charge is 0.326 e. The van der Waals surface area contributed by atoms with Gasteiger partial charge in [0.25, 0.3) is 5.91 Å². The molecule has 5 fully saturated rings. The molecular formula is C29H34F2N2O5. The van der Waals surface area contributed by atoms with E-state index in [0.29, 0.717) is 50.5 Å². The lowest BCUT2D eigenvalue weighted by atomic mass is 9.46. The molecule has 3 atom stereocenters. The predicted octanol–water partition coefficient (Wildman–Crippen LogP) is 4.95. The zero-order valence-corrected chi connectivity index (χ0v) is 21.3. The molecule has 0 radical (unpaired) electrons. The molecule has 1 heterocycles. The highest BCUT2D eigenvalue weighted by Crippen LogP contribution is 2.62. The Morgan fingerprint density at radius 1 is 1.11 bits per heavy atom. The molecule has 9 heteroatoms. The van der Waals surface area contributed by atoms with Gasteiger partial charge in [-0.3, -0.25) is 9.78 Å². The summed E-state index contributed by atoms with van der Waals surface area (Å²) in [6, 6.07) is 5.83. The van der Waals surface area contributed by atoms with Gasteiger partial charge >= 0.3 is 5.97 Å². The highest BCUT2D eigenvalue weighted by atomic mass is 19.3. The van der Waals surface area contributed by atoms with Crippen molar-refractivity contribution in [1.82, 2.24) is 10.3 Å². The SMILES string of the molecule is O=C(N[C@H](C(=O)O)C12CC3CC(CC(O)(C3)C1)C2)c1ccc2cccnc2c1OCC1CCC(F)(F)CC1. The first kappa shape index (κ1) is 25.5. The number of rotatable bonds is 7. The van der Waals surface area contributed by atoms with Gasteiger partial charge in [-0.2, -0.15) is 0 Å². The number of benzene rings is 1. The Morgan fingerprint density at radius 3 is 2.47 bits per heavy atom. The molecule has 5 aliphatic carbocycles. The fourth-order valence-electron chi connectivity index (χ4n) is 8.22. The highest BCUT2D eigenvalue weighted by Gasteiger charge is 2.61. The number of nitrogens with zero attached hydrogens (tertiary/aromatic N) is 1. The third-order valence-corrected chi connectivity index (χ3v) is 9.48. The molecule has 5 saturated carbocycles. The van der Waals surface area contributed by atoms with E-state index in [4.69, 9.17) is 4.74 Å². The van der Waals surface area contributed by atoms with Gasteiger partial charge < -0.3 is 20.3 Å². The van der Waals surface area contributed by atoms with Crippen LogP contribution in [-0.2, 0) is 4.79 Å². The first-order valence-electron chi connectivity index (χ1n) is 13.7. The maximum atomic E-state index is 13.7. The van der Waals surface area contributed by atoms with E-state index in [0.717, 1.165) is 11.8 Å². The summed E-state index contributed by atoms with van der Waals surface area (Å²) in [4.78, 5) is 30.7. The number of carboxylic acids is 1. The lowest BCUT2D eigenvalue weighted by Gasteiger charge is -2.61. The molecule has 1 amide bonds. The van der Waals surface area contributed by atoms with Crippen molar-refractivity contribution in [2.45, 2.75) is 81.8 Å². The number of fused-ring (bicyclic) bond motifs is 1. The minimum absolute atomic E-state index is 0.0657. The summed E-state index contributed by atoms with van der Waals surface area (Å²) in [6.07, 6.45) is 6.04.